The molecule has 0 aromatic heterocycles. The van der Waals surface area contributed by atoms with Gasteiger partial charge in [0.2, 0.25) is 0 Å². The quantitative estimate of drug-likeness (QED) is 0.880. The molecule has 0 saturated heterocycles. The minimum atomic E-state index is -0.148. The standard InChI is InChI=1S/C13H17BrFN/c1-9(16)13(6-2-3-7-13)11-5-4-10(14)8-12(11)15/h4-5,8-9H,2-3,6-7,16H2,1H3. The van der Waals surface area contributed by atoms with Crippen molar-refractivity contribution in [3.05, 3.63) is 34.1 Å². The second-order valence-electron chi connectivity index (χ2n) is 4.78. The summed E-state index contributed by atoms with van der Waals surface area (Å²) in [6.07, 6.45) is 4.31. The van der Waals surface area contributed by atoms with E-state index in [1.807, 2.05) is 19.1 Å². The minimum absolute atomic E-state index is 0.00526. The summed E-state index contributed by atoms with van der Waals surface area (Å²) >= 11 is 3.29. The maximum absolute atomic E-state index is 14.0. The molecule has 1 aromatic carbocycles. The second-order valence-corrected chi connectivity index (χ2v) is 5.69. The summed E-state index contributed by atoms with van der Waals surface area (Å²) in [6.45, 7) is 1.99. The Hall–Kier alpha value is -0.410. The van der Waals surface area contributed by atoms with Crippen LogP contribution in [0.15, 0.2) is 22.7 Å². The van der Waals surface area contributed by atoms with Gasteiger partial charge < -0.3 is 5.73 Å². The first-order chi connectivity index (χ1) is 7.56. The number of halogens is 2. The fourth-order valence-corrected chi connectivity index (χ4v) is 3.20. The molecule has 2 rings (SSSR count). The van der Waals surface area contributed by atoms with Gasteiger partial charge in [-0.1, -0.05) is 34.8 Å². The maximum Gasteiger partial charge on any atom is 0.128 e. The van der Waals surface area contributed by atoms with E-state index in [9.17, 15) is 4.39 Å². The molecule has 0 heterocycles. The van der Waals surface area contributed by atoms with Gasteiger partial charge in [-0.25, -0.2) is 4.39 Å². The molecule has 0 amide bonds. The molecule has 1 fully saturated rings. The Bertz CT molecular complexity index is 384. The first kappa shape index (κ1) is 12.1. The molecule has 1 atom stereocenters. The molecular formula is C13H17BrFN. The monoisotopic (exact) mass is 285 g/mol. The first-order valence-electron chi connectivity index (χ1n) is 5.77. The number of nitrogens with two attached hydrogens (primary N) is 1. The lowest BCUT2D eigenvalue weighted by atomic mass is 9.73. The van der Waals surface area contributed by atoms with Gasteiger partial charge >= 0.3 is 0 Å². The van der Waals surface area contributed by atoms with Crippen LogP contribution in [0.25, 0.3) is 0 Å². The van der Waals surface area contributed by atoms with Crippen LogP contribution < -0.4 is 5.73 Å². The molecule has 1 aromatic rings. The van der Waals surface area contributed by atoms with Gasteiger partial charge in [-0.2, -0.15) is 0 Å². The van der Waals surface area contributed by atoms with Gasteiger partial charge in [0.25, 0.3) is 0 Å². The summed E-state index contributed by atoms with van der Waals surface area (Å²) < 4.78 is 14.8. The fourth-order valence-electron chi connectivity index (χ4n) is 2.87. The molecule has 2 N–H and O–H groups in total. The highest BCUT2D eigenvalue weighted by molar-refractivity contribution is 9.10. The summed E-state index contributed by atoms with van der Waals surface area (Å²) in [5.74, 6) is -0.131. The van der Waals surface area contributed by atoms with E-state index in [2.05, 4.69) is 15.9 Å². The first-order valence-corrected chi connectivity index (χ1v) is 6.57. The molecule has 0 spiro atoms. The zero-order valence-electron chi connectivity index (χ0n) is 9.47. The van der Waals surface area contributed by atoms with E-state index in [4.69, 9.17) is 5.73 Å². The lowest BCUT2D eigenvalue weighted by Gasteiger charge is -2.34. The highest BCUT2D eigenvalue weighted by Gasteiger charge is 2.40. The SMILES string of the molecule is CC(N)C1(c2ccc(Br)cc2F)CCCC1. The molecule has 1 saturated carbocycles. The van der Waals surface area contributed by atoms with Crippen molar-refractivity contribution in [3.8, 4) is 0 Å². The molecule has 1 nitrogen and oxygen atoms in total. The molecule has 16 heavy (non-hydrogen) atoms. The van der Waals surface area contributed by atoms with E-state index in [0.29, 0.717) is 0 Å². The molecule has 1 aliphatic rings. The second kappa shape index (κ2) is 4.46. The van der Waals surface area contributed by atoms with Crippen LogP contribution in [0.1, 0.15) is 38.2 Å². The zero-order valence-corrected chi connectivity index (χ0v) is 11.1. The molecule has 0 radical (unpaired) electrons. The van der Waals surface area contributed by atoms with Gasteiger partial charge in [0.05, 0.1) is 0 Å². The van der Waals surface area contributed by atoms with Crippen molar-refractivity contribution in [2.45, 2.75) is 44.1 Å². The van der Waals surface area contributed by atoms with E-state index in [1.165, 1.54) is 6.07 Å². The molecule has 3 heteroatoms. The third-order valence-electron chi connectivity index (χ3n) is 3.83. The predicted molar refractivity (Wildman–Crippen MR) is 67.9 cm³/mol. The third kappa shape index (κ3) is 1.91. The molecule has 88 valence electrons. The average molecular weight is 286 g/mol. The summed E-state index contributed by atoms with van der Waals surface area (Å²) in [7, 11) is 0. The highest BCUT2D eigenvalue weighted by Crippen LogP contribution is 2.44. The number of benzene rings is 1. The van der Waals surface area contributed by atoms with Crippen LogP contribution in [0.3, 0.4) is 0 Å². The number of hydrogen-bond donors (Lipinski definition) is 1. The van der Waals surface area contributed by atoms with Gasteiger partial charge in [0, 0.05) is 15.9 Å². The van der Waals surface area contributed by atoms with Gasteiger partial charge in [0.1, 0.15) is 5.82 Å². The van der Waals surface area contributed by atoms with Crippen molar-refractivity contribution in [2.24, 2.45) is 5.73 Å². The molecule has 1 aliphatic carbocycles. The van der Waals surface area contributed by atoms with E-state index in [0.717, 1.165) is 35.7 Å². The Kier molecular flexibility index (Phi) is 3.36. The van der Waals surface area contributed by atoms with Crippen LogP contribution >= 0.6 is 15.9 Å². The van der Waals surface area contributed by atoms with Gasteiger partial charge in [-0.3, -0.25) is 0 Å². The van der Waals surface area contributed by atoms with E-state index >= 15 is 0 Å². The molecule has 1 unspecified atom stereocenters. The van der Waals surface area contributed by atoms with Crippen LogP contribution in [0.4, 0.5) is 4.39 Å². The van der Waals surface area contributed by atoms with Crippen molar-refractivity contribution in [2.75, 3.05) is 0 Å². The maximum atomic E-state index is 14.0. The third-order valence-corrected chi connectivity index (χ3v) is 4.33. The van der Waals surface area contributed by atoms with E-state index < -0.39 is 0 Å². The van der Waals surface area contributed by atoms with Gasteiger partial charge in [-0.15, -0.1) is 0 Å². The zero-order chi connectivity index (χ0) is 11.8. The van der Waals surface area contributed by atoms with Crippen molar-refractivity contribution in [3.63, 3.8) is 0 Å². The van der Waals surface area contributed by atoms with Crippen molar-refractivity contribution in [1.29, 1.82) is 0 Å². The minimum Gasteiger partial charge on any atom is -0.327 e. The van der Waals surface area contributed by atoms with E-state index in [-0.39, 0.29) is 17.3 Å². The molecule has 0 aliphatic heterocycles. The Balaban J connectivity index is 2.47. The van der Waals surface area contributed by atoms with Crippen molar-refractivity contribution >= 4 is 15.9 Å². The lowest BCUT2D eigenvalue weighted by molar-refractivity contribution is 0.353. The lowest BCUT2D eigenvalue weighted by Crippen LogP contribution is -2.41. The summed E-state index contributed by atoms with van der Waals surface area (Å²) in [6, 6.07) is 5.33. The highest BCUT2D eigenvalue weighted by atomic mass is 79.9. The fraction of sp³-hybridized carbons (Fsp3) is 0.538. The average Bonchev–Trinajstić information content (AvgIpc) is 2.67. The van der Waals surface area contributed by atoms with Crippen LogP contribution in [-0.4, -0.2) is 6.04 Å². The Morgan fingerprint density at radius 3 is 2.50 bits per heavy atom. The summed E-state index contributed by atoms with van der Waals surface area (Å²) in [5.41, 5.74) is 6.74. The van der Waals surface area contributed by atoms with Gasteiger partial charge in [-0.05, 0) is 37.5 Å². The van der Waals surface area contributed by atoms with Crippen molar-refractivity contribution < 1.29 is 4.39 Å². The van der Waals surface area contributed by atoms with Crippen LogP contribution in [0.5, 0.6) is 0 Å². The summed E-state index contributed by atoms with van der Waals surface area (Å²) in [5, 5.41) is 0. The topological polar surface area (TPSA) is 26.0 Å². The van der Waals surface area contributed by atoms with Crippen LogP contribution in [0, 0.1) is 5.82 Å². The number of rotatable bonds is 2. The Morgan fingerprint density at radius 2 is 2.00 bits per heavy atom. The molecule has 0 bridgehead atoms. The normalized spacial score (nSPS) is 21.0. The van der Waals surface area contributed by atoms with E-state index in [1.54, 1.807) is 0 Å². The molecular weight excluding hydrogens is 269 g/mol. The summed E-state index contributed by atoms with van der Waals surface area (Å²) in [4.78, 5) is 0. The number of hydrogen-bond acceptors (Lipinski definition) is 1. The predicted octanol–water partition coefficient (Wildman–Crippen LogP) is 3.75. The Labute approximate surface area is 104 Å². The Morgan fingerprint density at radius 1 is 1.38 bits per heavy atom. The smallest absolute Gasteiger partial charge is 0.128 e. The van der Waals surface area contributed by atoms with Crippen LogP contribution in [-0.2, 0) is 5.41 Å². The van der Waals surface area contributed by atoms with Crippen molar-refractivity contribution in [1.82, 2.24) is 0 Å². The largest absolute Gasteiger partial charge is 0.327 e. The van der Waals surface area contributed by atoms with Crippen LogP contribution in [0.2, 0.25) is 0 Å². The van der Waals surface area contributed by atoms with Gasteiger partial charge in [0.15, 0.2) is 0 Å².